The molecule has 1 unspecified atom stereocenters. The van der Waals surface area contributed by atoms with Crippen molar-refractivity contribution in [2.45, 2.75) is 39.2 Å². The van der Waals surface area contributed by atoms with Crippen LogP contribution in [0.25, 0.3) is 0 Å². The summed E-state index contributed by atoms with van der Waals surface area (Å²) in [4.78, 5) is 18.7. The summed E-state index contributed by atoms with van der Waals surface area (Å²) in [6.45, 7) is 8.87. The van der Waals surface area contributed by atoms with Crippen LogP contribution in [-0.4, -0.2) is 71.3 Å². The quantitative estimate of drug-likeness (QED) is 0.533. The Bertz CT molecular complexity index is 1080. The number of nitrogens with zero attached hydrogens (tertiary/aromatic N) is 3. The van der Waals surface area contributed by atoms with Gasteiger partial charge in [0.15, 0.2) is 0 Å². The summed E-state index contributed by atoms with van der Waals surface area (Å²) in [5.74, 6) is 0.814. The van der Waals surface area contributed by atoms with Gasteiger partial charge in [-0.05, 0) is 49.8 Å². The fraction of sp³-hybridized carbons (Fsp3) is 0.393. The summed E-state index contributed by atoms with van der Waals surface area (Å²) < 4.78 is 11.5. The van der Waals surface area contributed by atoms with Crippen LogP contribution in [0.3, 0.4) is 0 Å². The van der Waals surface area contributed by atoms with Crippen molar-refractivity contribution >= 4 is 18.4 Å². The average molecular weight is 514 g/mol. The summed E-state index contributed by atoms with van der Waals surface area (Å²) in [5.41, 5.74) is 2.65. The molecule has 0 amide bonds. The van der Waals surface area contributed by atoms with Gasteiger partial charge in [-0.15, -0.1) is 12.4 Å². The van der Waals surface area contributed by atoms with Crippen LogP contribution in [0.2, 0.25) is 0 Å². The first-order valence-corrected chi connectivity index (χ1v) is 12.2. The van der Waals surface area contributed by atoms with Crippen LogP contribution < -0.4 is 9.47 Å². The Morgan fingerprint density at radius 2 is 1.83 bits per heavy atom. The molecule has 4 rings (SSSR count). The minimum atomic E-state index is -0.850. The summed E-state index contributed by atoms with van der Waals surface area (Å²) >= 11 is 0. The molecular formula is C28H36ClN3O4. The number of para-hydroxylation sites is 1. The fourth-order valence-electron chi connectivity index (χ4n) is 4.74. The van der Waals surface area contributed by atoms with Gasteiger partial charge in [0.1, 0.15) is 24.3 Å². The second-order valence-corrected chi connectivity index (χ2v) is 9.24. The zero-order valence-electron chi connectivity index (χ0n) is 21.2. The minimum absolute atomic E-state index is 0. The number of piperazine rings is 1. The molecule has 2 aliphatic rings. The summed E-state index contributed by atoms with van der Waals surface area (Å²) in [5, 5.41) is 9.77. The molecule has 36 heavy (non-hydrogen) atoms. The third-order valence-corrected chi connectivity index (χ3v) is 6.58. The maximum absolute atomic E-state index is 11.9. The van der Waals surface area contributed by atoms with Crippen LogP contribution in [-0.2, 0) is 17.9 Å². The number of rotatable bonds is 9. The van der Waals surface area contributed by atoms with Gasteiger partial charge < -0.3 is 19.5 Å². The fourth-order valence-corrected chi connectivity index (χ4v) is 4.74. The average Bonchev–Trinajstić information content (AvgIpc) is 2.88. The SMILES string of the molecule is COc1ccccc1COc1cccc(CN2CCN(C3C(C(=O)O)=CC=CN3C(C)C)CC2)c1.Cl. The molecule has 8 heteroatoms. The number of allylic oxidation sites excluding steroid dienone is 2. The van der Waals surface area contributed by atoms with E-state index in [-0.39, 0.29) is 24.6 Å². The number of carboxylic acids is 1. The number of aliphatic carboxylic acids is 1. The normalized spacial score (nSPS) is 18.5. The third-order valence-electron chi connectivity index (χ3n) is 6.58. The van der Waals surface area contributed by atoms with Crippen LogP contribution in [0.5, 0.6) is 11.5 Å². The molecule has 0 saturated carbocycles. The smallest absolute Gasteiger partial charge is 0.335 e. The van der Waals surface area contributed by atoms with Gasteiger partial charge in [0.05, 0.1) is 12.7 Å². The molecular weight excluding hydrogens is 478 g/mol. The van der Waals surface area contributed by atoms with E-state index < -0.39 is 5.97 Å². The number of halogens is 1. The summed E-state index contributed by atoms with van der Waals surface area (Å²) in [6.07, 6.45) is 5.34. The van der Waals surface area contributed by atoms with Crippen molar-refractivity contribution in [2.75, 3.05) is 33.3 Å². The number of ether oxygens (including phenoxy) is 2. The second-order valence-electron chi connectivity index (χ2n) is 9.24. The van der Waals surface area contributed by atoms with Crippen LogP contribution in [0.1, 0.15) is 25.0 Å². The maximum Gasteiger partial charge on any atom is 0.335 e. The summed E-state index contributed by atoms with van der Waals surface area (Å²) in [7, 11) is 1.67. The number of hydrogen-bond donors (Lipinski definition) is 1. The Balaban J connectivity index is 0.00000361. The molecule has 0 aliphatic carbocycles. The first-order chi connectivity index (χ1) is 17.0. The molecule has 0 bridgehead atoms. The van der Waals surface area contributed by atoms with Gasteiger partial charge in [0.25, 0.3) is 0 Å². The van der Waals surface area contributed by atoms with Gasteiger partial charge in [-0.3, -0.25) is 9.80 Å². The lowest BCUT2D eigenvalue weighted by atomic mass is 10.0. The van der Waals surface area contributed by atoms with Crippen molar-refractivity contribution in [1.82, 2.24) is 14.7 Å². The molecule has 1 atom stereocenters. The number of methoxy groups -OCH3 is 1. The Labute approximate surface area is 220 Å². The number of hydrogen-bond acceptors (Lipinski definition) is 6. The molecule has 1 fully saturated rings. The van der Waals surface area contributed by atoms with E-state index in [1.165, 1.54) is 5.56 Å². The Hall–Kier alpha value is -3.00. The van der Waals surface area contributed by atoms with E-state index >= 15 is 0 Å². The van der Waals surface area contributed by atoms with E-state index in [1.807, 2.05) is 48.7 Å². The Kier molecular flexibility index (Phi) is 9.81. The minimum Gasteiger partial charge on any atom is -0.496 e. The van der Waals surface area contributed by atoms with Crippen molar-refractivity contribution in [1.29, 1.82) is 0 Å². The molecule has 0 radical (unpaired) electrons. The van der Waals surface area contributed by atoms with Gasteiger partial charge in [0, 0.05) is 50.5 Å². The highest BCUT2D eigenvalue weighted by Crippen LogP contribution is 2.25. The zero-order chi connectivity index (χ0) is 24.8. The molecule has 1 N–H and O–H groups in total. The second kappa shape index (κ2) is 12.8. The first kappa shape index (κ1) is 27.6. The topological polar surface area (TPSA) is 65.5 Å². The molecule has 2 aromatic rings. The largest absolute Gasteiger partial charge is 0.496 e. The van der Waals surface area contributed by atoms with Gasteiger partial charge >= 0.3 is 5.97 Å². The number of benzene rings is 2. The van der Waals surface area contributed by atoms with Crippen molar-refractivity contribution in [3.8, 4) is 11.5 Å². The van der Waals surface area contributed by atoms with Crippen LogP contribution in [0.15, 0.2) is 72.5 Å². The van der Waals surface area contributed by atoms with E-state index in [4.69, 9.17) is 9.47 Å². The molecule has 2 heterocycles. The van der Waals surface area contributed by atoms with Crippen LogP contribution in [0, 0.1) is 0 Å². The Morgan fingerprint density at radius 3 is 2.53 bits per heavy atom. The first-order valence-electron chi connectivity index (χ1n) is 12.2. The predicted molar refractivity (Wildman–Crippen MR) is 143 cm³/mol. The third kappa shape index (κ3) is 6.60. The van der Waals surface area contributed by atoms with Crippen molar-refractivity contribution < 1.29 is 19.4 Å². The highest BCUT2D eigenvalue weighted by Gasteiger charge is 2.35. The monoisotopic (exact) mass is 513 g/mol. The molecule has 194 valence electrons. The van der Waals surface area contributed by atoms with Crippen LogP contribution in [0.4, 0.5) is 0 Å². The Morgan fingerprint density at radius 1 is 1.08 bits per heavy atom. The van der Waals surface area contributed by atoms with E-state index in [9.17, 15) is 9.90 Å². The van der Waals surface area contributed by atoms with Gasteiger partial charge in [-0.25, -0.2) is 4.79 Å². The lowest BCUT2D eigenvalue weighted by molar-refractivity contribution is -0.134. The number of carbonyl (C=O) groups is 1. The molecule has 2 aliphatic heterocycles. The maximum atomic E-state index is 11.9. The standard InChI is InChI=1S/C28H35N3O4.ClH/c1-21(2)31-13-7-11-25(28(32)33)27(31)30-16-14-29(15-17-30)19-22-8-6-10-24(18-22)35-20-23-9-4-5-12-26(23)34-3;/h4-13,18,21,27H,14-17,19-20H2,1-3H3,(H,32,33);1H. The van der Waals surface area contributed by atoms with Gasteiger partial charge in [-0.1, -0.05) is 30.3 Å². The summed E-state index contributed by atoms with van der Waals surface area (Å²) in [6, 6.07) is 16.3. The van der Waals surface area contributed by atoms with Gasteiger partial charge in [0.2, 0.25) is 0 Å². The molecule has 0 spiro atoms. The highest BCUT2D eigenvalue weighted by atomic mass is 35.5. The van der Waals surface area contributed by atoms with Crippen molar-refractivity contribution in [2.24, 2.45) is 0 Å². The van der Waals surface area contributed by atoms with Crippen LogP contribution >= 0.6 is 12.4 Å². The number of carboxylic acid groups (broad SMARTS) is 1. The molecule has 2 aromatic carbocycles. The van der Waals surface area contributed by atoms with Crippen molar-refractivity contribution in [3.05, 3.63) is 83.6 Å². The van der Waals surface area contributed by atoms with E-state index in [2.05, 4.69) is 40.7 Å². The zero-order valence-corrected chi connectivity index (χ0v) is 22.0. The lowest BCUT2D eigenvalue weighted by Gasteiger charge is -2.46. The molecule has 0 aromatic heterocycles. The molecule has 7 nitrogen and oxygen atoms in total. The lowest BCUT2D eigenvalue weighted by Crippen LogP contribution is -2.57. The van der Waals surface area contributed by atoms with E-state index in [0.717, 1.165) is 49.8 Å². The van der Waals surface area contributed by atoms with Crippen molar-refractivity contribution in [3.63, 3.8) is 0 Å². The van der Waals surface area contributed by atoms with E-state index in [1.54, 1.807) is 13.2 Å². The molecule has 1 saturated heterocycles. The predicted octanol–water partition coefficient (Wildman–Crippen LogP) is 4.39. The highest BCUT2D eigenvalue weighted by molar-refractivity contribution is 5.88. The van der Waals surface area contributed by atoms with E-state index in [0.29, 0.717) is 12.2 Å². The van der Waals surface area contributed by atoms with Gasteiger partial charge in [-0.2, -0.15) is 0 Å².